The zero-order valence-corrected chi connectivity index (χ0v) is 14.1. The SMILES string of the molecule is Cc1cc(C)c(Nc2cccc3c(CCO)n[nH]c(=O)c23)c(C)c1. The Labute approximate surface area is 140 Å². The molecule has 2 aromatic carbocycles. The number of rotatable bonds is 4. The van der Waals surface area contributed by atoms with Crippen molar-refractivity contribution >= 4 is 22.1 Å². The third-order valence-corrected chi connectivity index (χ3v) is 4.18. The zero-order valence-electron chi connectivity index (χ0n) is 14.1. The van der Waals surface area contributed by atoms with Crippen LogP contribution in [0.4, 0.5) is 11.4 Å². The number of hydrogen-bond acceptors (Lipinski definition) is 4. The first-order chi connectivity index (χ1) is 11.5. The minimum absolute atomic E-state index is 0.0119. The molecule has 0 radical (unpaired) electrons. The summed E-state index contributed by atoms with van der Waals surface area (Å²) in [4.78, 5) is 12.3. The lowest BCUT2D eigenvalue weighted by Crippen LogP contribution is -2.13. The number of aromatic amines is 1. The Kier molecular flexibility index (Phi) is 4.36. The van der Waals surface area contributed by atoms with Crippen molar-refractivity contribution in [1.82, 2.24) is 10.2 Å². The predicted octanol–water partition coefficient (Wildman–Crippen LogP) is 3.13. The van der Waals surface area contributed by atoms with Crippen LogP contribution in [0.2, 0.25) is 0 Å². The number of aliphatic hydroxyl groups excluding tert-OH is 1. The highest BCUT2D eigenvalue weighted by Crippen LogP contribution is 2.29. The van der Waals surface area contributed by atoms with E-state index in [0.717, 1.165) is 27.9 Å². The Balaban J connectivity index is 2.18. The number of aromatic nitrogens is 2. The van der Waals surface area contributed by atoms with Gasteiger partial charge in [-0.05, 0) is 38.0 Å². The predicted molar refractivity (Wildman–Crippen MR) is 97.1 cm³/mol. The van der Waals surface area contributed by atoms with Gasteiger partial charge in [-0.25, -0.2) is 5.10 Å². The third kappa shape index (κ3) is 2.90. The van der Waals surface area contributed by atoms with Gasteiger partial charge >= 0.3 is 0 Å². The lowest BCUT2D eigenvalue weighted by Gasteiger charge is -2.15. The van der Waals surface area contributed by atoms with Gasteiger partial charge in [0.2, 0.25) is 0 Å². The van der Waals surface area contributed by atoms with Crippen molar-refractivity contribution in [3.63, 3.8) is 0 Å². The van der Waals surface area contributed by atoms with Crippen LogP contribution in [0.15, 0.2) is 35.1 Å². The van der Waals surface area contributed by atoms with Gasteiger partial charge in [0.1, 0.15) is 0 Å². The number of fused-ring (bicyclic) bond motifs is 1. The summed E-state index contributed by atoms with van der Waals surface area (Å²) < 4.78 is 0. The molecule has 0 unspecified atom stereocenters. The summed E-state index contributed by atoms with van der Waals surface area (Å²) in [5.41, 5.74) is 5.67. The normalized spacial score (nSPS) is 11.0. The maximum absolute atomic E-state index is 12.3. The van der Waals surface area contributed by atoms with Crippen molar-refractivity contribution in [3.8, 4) is 0 Å². The first-order valence-electron chi connectivity index (χ1n) is 7.97. The summed E-state index contributed by atoms with van der Waals surface area (Å²) in [5, 5.41) is 20.5. The van der Waals surface area contributed by atoms with E-state index in [2.05, 4.69) is 48.4 Å². The lowest BCUT2D eigenvalue weighted by atomic mass is 10.0. The number of aryl methyl sites for hydroxylation is 3. The molecule has 0 amide bonds. The van der Waals surface area contributed by atoms with E-state index >= 15 is 0 Å². The molecule has 124 valence electrons. The van der Waals surface area contributed by atoms with Gasteiger partial charge in [0.05, 0.1) is 16.8 Å². The van der Waals surface area contributed by atoms with Crippen LogP contribution in [-0.2, 0) is 6.42 Å². The quantitative estimate of drug-likeness (QED) is 0.689. The Morgan fingerprint density at radius 3 is 2.54 bits per heavy atom. The largest absolute Gasteiger partial charge is 0.396 e. The average molecular weight is 323 g/mol. The maximum atomic E-state index is 12.3. The summed E-state index contributed by atoms with van der Waals surface area (Å²) >= 11 is 0. The van der Waals surface area contributed by atoms with Crippen LogP contribution in [0, 0.1) is 20.8 Å². The minimum atomic E-state index is -0.239. The van der Waals surface area contributed by atoms with Gasteiger partial charge in [0.25, 0.3) is 5.56 Å². The highest BCUT2D eigenvalue weighted by Gasteiger charge is 2.12. The van der Waals surface area contributed by atoms with Crippen molar-refractivity contribution in [2.75, 3.05) is 11.9 Å². The number of anilines is 2. The smallest absolute Gasteiger partial charge is 0.274 e. The van der Waals surface area contributed by atoms with Crippen LogP contribution in [-0.4, -0.2) is 21.9 Å². The van der Waals surface area contributed by atoms with Crippen molar-refractivity contribution < 1.29 is 5.11 Å². The number of benzene rings is 2. The third-order valence-electron chi connectivity index (χ3n) is 4.18. The monoisotopic (exact) mass is 323 g/mol. The standard InChI is InChI=1S/C19H21N3O2/c1-11-9-12(2)18(13(3)10-11)20-16-6-4-5-14-15(7-8-23)21-22-19(24)17(14)16/h4-6,9-10,20,23H,7-8H2,1-3H3,(H,22,24). The molecule has 5 nitrogen and oxygen atoms in total. The topological polar surface area (TPSA) is 78.0 Å². The van der Waals surface area contributed by atoms with Crippen LogP contribution in [0.5, 0.6) is 0 Å². The van der Waals surface area contributed by atoms with Gasteiger partial charge in [-0.1, -0.05) is 29.8 Å². The Hall–Kier alpha value is -2.66. The second-order valence-corrected chi connectivity index (χ2v) is 6.10. The maximum Gasteiger partial charge on any atom is 0.274 e. The number of hydrogen-bond donors (Lipinski definition) is 3. The molecular formula is C19H21N3O2. The molecule has 0 aliphatic rings. The Morgan fingerprint density at radius 1 is 1.17 bits per heavy atom. The molecule has 0 aliphatic carbocycles. The molecule has 0 saturated carbocycles. The van der Waals surface area contributed by atoms with Crippen molar-refractivity contribution in [2.24, 2.45) is 0 Å². The van der Waals surface area contributed by atoms with Crippen LogP contribution in [0.1, 0.15) is 22.4 Å². The van der Waals surface area contributed by atoms with Gasteiger partial charge in [-0.2, -0.15) is 5.10 Å². The summed E-state index contributed by atoms with van der Waals surface area (Å²) in [5.74, 6) is 0. The number of nitrogens with zero attached hydrogens (tertiary/aromatic N) is 1. The fourth-order valence-corrected chi connectivity index (χ4v) is 3.18. The van der Waals surface area contributed by atoms with Crippen molar-refractivity contribution in [2.45, 2.75) is 27.2 Å². The van der Waals surface area contributed by atoms with Crippen LogP contribution >= 0.6 is 0 Å². The van der Waals surface area contributed by atoms with E-state index in [1.807, 2.05) is 18.2 Å². The van der Waals surface area contributed by atoms with E-state index in [9.17, 15) is 9.90 Å². The van der Waals surface area contributed by atoms with Crippen LogP contribution in [0.25, 0.3) is 10.8 Å². The molecule has 0 bridgehead atoms. The summed E-state index contributed by atoms with van der Waals surface area (Å²) in [6.45, 7) is 6.16. The molecule has 0 spiro atoms. The molecule has 3 N–H and O–H groups in total. The van der Waals surface area contributed by atoms with Crippen molar-refractivity contribution in [1.29, 1.82) is 0 Å². The summed E-state index contributed by atoms with van der Waals surface area (Å²) in [6.07, 6.45) is 0.402. The van der Waals surface area contributed by atoms with Gasteiger partial charge in [0, 0.05) is 24.1 Å². The molecule has 0 fully saturated rings. The molecule has 0 aliphatic heterocycles. The Morgan fingerprint density at radius 2 is 1.88 bits per heavy atom. The fraction of sp³-hybridized carbons (Fsp3) is 0.263. The number of nitrogens with one attached hydrogen (secondary N) is 2. The Bertz CT molecular complexity index is 937. The molecule has 0 saturated heterocycles. The second kappa shape index (κ2) is 6.45. The summed E-state index contributed by atoms with van der Waals surface area (Å²) in [7, 11) is 0. The van der Waals surface area contributed by atoms with E-state index in [1.54, 1.807) is 0 Å². The van der Waals surface area contributed by atoms with Gasteiger partial charge in [0.15, 0.2) is 0 Å². The molecule has 1 aromatic heterocycles. The molecule has 1 heterocycles. The molecule has 3 aromatic rings. The average Bonchev–Trinajstić information content (AvgIpc) is 2.53. The molecule has 0 atom stereocenters. The van der Waals surface area contributed by atoms with E-state index in [-0.39, 0.29) is 12.2 Å². The van der Waals surface area contributed by atoms with Gasteiger partial charge in [-0.15, -0.1) is 0 Å². The number of H-pyrrole nitrogens is 1. The van der Waals surface area contributed by atoms with E-state index in [0.29, 0.717) is 17.5 Å². The second-order valence-electron chi connectivity index (χ2n) is 6.10. The lowest BCUT2D eigenvalue weighted by molar-refractivity contribution is 0.298. The van der Waals surface area contributed by atoms with Crippen LogP contribution < -0.4 is 10.9 Å². The fourth-order valence-electron chi connectivity index (χ4n) is 3.18. The first-order valence-corrected chi connectivity index (χ1v) is 7.97. The van der Waals surface area contributed by atoms with E-state index in [1.165, 1.54) is 5.56 Å². The minimum Gasteiger partial charge on any atom is -0.396 e. The van der Waals surface area contributed by atoms with Gasteiger partial charge < -0.3 is 10.4 Å². The molecule has 5 heteroatoms. The molecule has 24 heavy (non-hydrogen) atoms. The summed E-state index contributed by atoms with van der Waals surface area (Å²) in [6, 6.07) is 9.88. The van der Waals surface area contributed by atoms with Gasteiger partial charge in [-0.3, -0.25) is 4.79 Å². The van der Waals surface area contributed by atoms with Crippen molar-refractivity contribution in [3.05, 3.63) is 63.1 Å². The highest BCUT2D eigenvalue weighted by atomic mass is 16.3. The molecule has 3 rings (SSSR count). The highest BCUT2D eigenvalue weighted by molar-refractivity contribution is 5.96. The zero-order chi connectivity index (χ0) is 17.3. The van der Waals surface area contributed by atoms with E-state index < -0.39 is 0 Å². The molecular weight excluding hydrogens is 302 g/mol. The van der Waals surface area contributed by atoms with Crippen LogP contribution in [0.3, 0.4) is 0 Å². The van der Waals surface area contributed by atoms with E-state index in [4.69, 9.17) is 0 Å². The first kappa shape index (κ1) is 16.2. The number of aliphatic hydroxyl groups is 1.